The number of nitrogens with zero attached hydrogens (tertiary/aromatic N) is 4. The van der Waals surface area contributed by atoms with Gasteiger partial charge in [-0.15, -0.1) is 5.10 Å². The highest BCUT2D eigenvalue weighted by Crippen LogP contribution is 2.27. The Bertz CT molecular complexity index is 523. The van der Waals surface area contributed by atoms with Crippen LogP contribution < -0.4 is 0 Å². The Labute approximate surface area is 144 Å². The second kappa shape index (κ2) is 8.60. The van der Waals surface area contributed by atoms with Gasteiger partial charge in [-0.3, -0.25) is 9.48 Å². The summed E-state index contributed by atoms with van der Waals surface area (Å²) in [6.45, 7) is 2.68. The molecular formula is C18H30N4O2. The zero-order chi connectivity index (χ0) is 16.8. The number of carbonyl (C=O) groups is 1. The number of aliphatic hydroxyl groups is 1. The van der Waals surface area contributed by atoms with Crippen molar-refractivity contribution < 1.29 is 9.90 Å². The van der Waals surface area contributed by atoms with Crippen molar-refractivity contribution >= 4 is 5.91 Å². The van der Waals surface area contributed by atoms with Crippen LogP contribution in [0.2, 0.25) is 0 Å². The van der Waals surface area contributed by atoms with E-state index in [1.165, 1.54) is 25.7 Å². The molecule has 1 amide bonds. The Morgan fingerprint density at radius 1 is 1.17 bits per heavy atom. The molecule has 1 saturated heterocycles. The molecule has 2 fully saturated rings. The summed E-state index contributed by atoms with van der Waals surface area (Å²) in [6, 6.07) is 0. The minimum atomic E-state index is 0.103. The summed E-state index contributed by atoms with van der Waals surface area (Å²) in [6.07, 6.45) is 11.8. The third-order valence-electron chi connectivity index (χ3n) is 5.43. The second-order valence-corrected chi connectivity index (χ2v) is 7.39. The van der Waals surface area contributed by atoms with E-state index >= 15 is 0 Å². The molecule has 6 heteroatoms. The normalized spacial score (nSPS) is 23.2. The maximum absolute atomic E-state index is 12.9. The summed E-state index contributed by atoms with van der Waals surface area (Å²) in [7, 11) is 0. The van der Waals surface area contributed by atoms with Gasteiger partial charge in [-0.05, 0) is 31.6 Å². The predicted molar refractivity (Wildman–Crippen MR) is 91.3 cm³/mol. The van der Waals surface area contributed by atoms with Crippen molar-refractivity contribution in [2.75, 3.05) is 19.7 Å². The fraction of sp³-hybridized carbons (Fsp3) is 0.833. The Balaban J connectivity index is 1.54. The number of hydrogen-bond donors (Lipinski definition) is 1. The molecule has 0 radical (unpaired) electrons. The van der Waals surface area contributed by atoms with E-state index in [2.05, 4.69) is 15.2 Å². The quantitative estimate of drug-likeness (QED) is 0.836. The highest BCUT2D eigenvalue weighted by molar-refractivity contribution is 5.79. The zero-order valence-corrected chi connectivity index (χ0v) is 14.6. The Hall–Kier alpha value is -1.43. The van der Waals surface area contributed by atoms with Crippen molar-refractivity contribution in [3.8, 4) is 0 Å². The molecule has 1 atom stereocenters. The molecule has 2 aliphatic rings. The van der Waals surface area contributed by atoms with Gasteiger partial charge in [-0.1, -0.05) is 30.9 Å². The Kier molecular flexibility index (Phi) is 6.24. The molecule has 0 aromatic carbocycles. The topological polar surface area (TPSA) is 71.2 Å². The van der Waals surface area contributed by atoms with Crippen LogP contribution in [0, 0.1) is 11.8 Å². The van der Waals surface area contributed by atoms with Gasteiger partial charge in [-0.2, -0.15) is 0 Å². The van der Waals surface area contributed by atoms with E-state index in [4.69, 9.17) is 5.11 Å². The minimum absolute atomic E-state index is 0.103. The van der Waals surface area contributed by atoms with Crippen LogP contribution in [0.5, 0.6) is 0 Å². The fourth-order valence-corrected chi connectivity index (χ4v) is 4.12. The minimum Gasteiger partial charge on any atom is -0.396 e. The maximum Gasteiger partial charge on any atom is 0.225 e. The molecule has 134 valence electrons. The summed E-state index contributed by atoms with van der Waals surface area (Å²) < 4.78 is 1.87. The third kappa shape index (κ3) is 4.56. The molecule has 1 aliphatic heterocycles. The van der Waals surface area contributed by atoms with E-state index in [9.17, 15) is 4.79 Å². The predicted octanol–water partition coefficient (Wildman–Crippen LogP) is 2.02. The van der Waals surface area contributed by atoms with Crippen LogP contribution in [-0.4, -0.2) is 50.6 Å². The van der Waals surface area contributed by atoms with Crippen LogP contribution in [0.25, 0.3) is 0 Å². The number of rotatable bonds is 5. The van der Waals surface area contributed by atoms with E-state index in [0.29, 0.717) is 18.2 Å². The molecular weight excluding hydrogens is 304 g/mol. The second-order valence-electron chi connectivity index (χ2n) is 7.39. The van der Waals surface area contributed by atoms with E-state index in [-0.39, 0.29) is 12.5 Å². The molecule has 0 spiro atoms. The largest absolute Gasteiger partial charge is 0.396 e. The first-order valence-corrected chi connectivity index (χ1v) is 9.55. The summed E-state index contributed by atoms with van der Waals surface area (Å²) in [5.41, 5.74) is 0.833. The van der Waals surface area contributed by atoms with Gasteiger partial charge in [0, 0.05) is 44.8 Å². The summed E-state index contributed by atoms with van der Waals surface area (Å²) in [5.74, 6) is 1.10. The molecule has 1 saturated carbocycles. The lowest BCUT2D eigenvalue weighted by molar-refractivity contribution is -0.138. The van der Waals surface area contributed by atoms with E-state index in [1.54, 1.807) is 0 Å². The number of aromatic nitrogens is 3. The Morgan fingerprint density at radius 2 is 1.96 bits per heavy atom. The molecule has 1 unspecified atom stereocenters. The number of aliphatic hydroxyl groups excluding tert-OH is 1. The van der Waals surface area contributed by atoms with Crippen molar-refractivity contribution in [1.82, 2.24) is 19.9 Å². The van der Waals surface area contributed by atoms with Crippen molar-refractivity contribution in [3.63, 3.8) is 0 Å². The fourth-order valence-electron chi connectivity index (χ4n) is 4.12. The first-order chi connectivity index (χ1) is 11.8. The monoisotopic (exact) mass is 334 g/mol. The van der Waals surface area contributed by atoms with Gasteiger partial charge in [0.25, 0.3) is 0 Å². The van der Waals surface area contributed by atoms with Gasteiger partial charge >= 0.3 is 0 Å². The van der Waals surface area contributed by atoms with Gasteiger partial charge in [0.15, 0.2) is 0 Å². The zero-order valence-electron chi connectivity index (χ0n) is 14.6. The molecule has 1 aromatic rings. The number of amides is 1. The average Bonchev–Trinajstić information content (AvgIpc) is 2.86. The van der Waals surface area contributed by atoms with Crippen molar-refractivity contribution in [2.24, 2.45) is 11.8 Å². The standard InChI is InChI=1S/C18H30N4O2/c23-11-9-17-14-22(20-19-17)13-15-6-5-10-21(12-15)18(24)16-7-3-1-2-4-8-16/h14-16,23H,1-13H2. The first kappa shape index (κ1) is 17.4. The molecule has 6 nitrogen and oxygen atoms in total. The smallest absolute Gasteiger partial charge is 0.225 e. The highest BCUT2D eigenvalue weighted by atomic mass is 16.3. The number of carbonyl (C=O) groups excluding carboxylic acids is 1. The van der Waals surface area contributed by atoms with Gasteiger partial charge in [-0.25, -0.2) is 0 Å². The highest BCUT2D eigenvalue weighted by Gasteiger charge is 2.29. The molecule has 1 N–H and O–H groups in total. The van der Waals surface area contributed by atoms with Gasteiger partial charge in [0.1, 0.15) is 0 Å². The third-order valence-corrected chi connectivity index (χ3v) is 5.43. The van der Waals surface area contributed by atoms with Crippen molar-refractivity contribution in [3.05, 3.63) is 11.9 Å². The van der Waals surface area contributed by atoms with Crippen LogP contribution in [0.1, 0.15) is 57.1 Å². The van der Waals surface area contributed by atoms with Gasteiger partial charge in [0.05, 0.1) is 5.69 Å². The lowest BCUT2D eigenvalue weighted by atomic mass is 9.94. The number of hydrogen-bond acceptors (Lipinski definition) is 4. The summed E-state index contributed by atoms with van der Waals surface area (Å²) in [5, 5.41) is 17.2. The number of piperidine rings is 1. The van der Waals surface area contributed by atoms with Crippen LogP contribution in [0.15, 0.2) is 6.20 Å². The van der Waals surface area contributed by atoms with Gasteiger partial charge in [0.2, 0.25) is 5.91 Å². The van der Waals surface area contributed by atoms with Crippen LogP contribution in [-0.2, 0) is 17.8 Å². The van der Waals surface area contributed by atoms with Crippen LogP contribution >= 0.6 is 0 Å². The van der Waals surface area contributed by atoms with Crippen LogP contribution in [0.4, 0.5) is 0 Å². The Morgan fingerprint density at radius 3 is 2.71 bits per heavy atom. The molecule has 2 heterocycles. The van der Waals surface area contributed by atoms with Crippen LogP contribution in [0.3, 0.4) is 0 Å². The average molecular weight is 334 g/mol. The van der Waals surface area contributed by atoms with Crippen molar-refractivity contribution in [1.29, 1.82) is 0 Å². The first-order valence-electron chi connectivity index (χ1n) is 9.55. The maximum atomic E-state index is 12.9. The molecule has 0 bridgehead atoms. The van der Waals surface area contributed by atoms with E-state index in [0.717, 1.165) is 51.0 Å². The summed E-state index contributed by atoms with van der Waals surface area (Å²) in [4.78, 5) is 15.0. The SMILES string of the molecule is O=C(C1CCCCCC1)N1CCCC(Cn2cc(CCO)nn2)C1. The van der Waals surface area contributed by atoms with Gasteiger partial charge < -0.3 is 10.0 Å². The number of likely N-dealkylation sites (tertiary alicyclic amines) is 1. The lowest BCUT2D eigenvalue weighted by Crippen LogP contribution is -2.44. The van der Waals surface area contributed by atoms with E-state index < -0.39 is 0 Å². The molecule has 1 aliphatic carbocycles. The van der Waals surface area contributed by atoms with Crippen molar-refractivity contribution in [2.45, 2.75) is 64.3 Å². The lowest BCUT2D eigenvalue weighted by Gasteiger charge is -2.34. The molecule has 3 rings (SSSR count). The van der Waals surface area contributed by atoms with E-state index in [1.807, 2.05) is 10.9 Å². The summed E-state index contributed by atoms with van der Waals surface area (Å²) >= 11 is 0. The molecule has 1 aromatic heterocycles. The molecule has 24 heavy (non-hydrogen) atoms.